The monoisotopic (exact) mass is 276 g/mol. The first-order valence-corrected chi connectivity index (χ1v) is 7.36. The van der Waals surface area contributed by atoms with Crippen molar-refractivity contribution >= 4 is 17.2 Å². The molecule has 0 saturated heterocycles. The molecule has 3 rings (SSSR count). The second kappa shape index (κ2) is 5.13. The van der Waals surface area contributed by atoms with E-state index in [0.717, 1.165) is 25.1 Å². The van der Waals surface area contributed by atoms with Gasteiger partial charge in [-0.2, -0.15) is 0 Å². The van der Waals surface area contributed by atoms with Crippen molar-refractivity contribution in [1.29, 1.82) is 0 Å². The first-order chi connectivity index (χ1) is 9.22. The molecule has 0 bridgehead atoms. The summed E-state index contributed by atoms with van der Waals surface area (Å²) < 4.78 is 0. The quantitative estimate of drug-likeness (QED) is 0.878. The fraction of sp³-hybridized carbons (Fsp3) is 0.462. The number of amides is 1. The largest absolute Gasteiger partial charge is 0.346 e. The number of nitrogens with one attached hydrogen (secondary N) is 2. The van der Waals surface area contributed by atoms with E-state index in [0.29, 0.717) is 5.92 Å². The van der Waals surface area contributed by atoms with Crippen molar-refractivity contribution in [1.82, 2.24) is 20.5 Å². The number of hydrogen-bond donors (Lipinski definition) is 2. The van der Waals surface area contributed by atoms with Crippen molar-refractivity contribution in [2.24, 2.45) is 0 Å². The highest BCUT2D eigenvalue weighted by atomic mass is 32.1. The fourth-order valence-corrected chi connectivity index (χ4v) is 2.82. The Morgan fingerprint density at radius 1 is 1.63 bits per heavy atom. The van der Waals surface area contributed by atoms with Gasteiger partial charge in [-0.25, -0.2) is 4.98 Å². The van der Waals surface area contributed by atoms with Gasteiger partial charge in [-0.15, -0.1) is 16.4 Å². The van der Waals surface area contributed by atoms with E-state index in [-0.39, 0.29) is 17.8 Å². The number of aromatic nitrogens is 3. The number of H-pyrrole nitrogens is 1. The smallest absolute Gasteiger partial charge is 0.291 e. The Bertz CT molecular complexity index is 559. The zero-order chi connectivity index (χ0) is 13.2. The van der Waals surface area contributed by atoms with E-state index in [1.165, 1.54) is 4.88 Å². The zero-order valence-electron chi connectivity index (χ0n) is 10.7. The molecule has 0 aliphatic heterocycles. The molecule has 2 aromatic rings. The van der Waals surface area contributed by atoms with E-state index in [9.17, 15) is 4.79 Å². The maximum atomic E-state index is 12.0. The van der Waals surface area contributed by atoms with Crippen LogP contribution in [0.3, 0.4) is 0 Å². The minimum atomic E-state index is -0.202. The van der Waals surface area contributed by atoms with E-state index in [4.69, 9.17) is 0 Å². The molecule has 1 amide bonds. The van der Waals surface area contributed by atoms with Crippen LogP contribution in [-0.4, -0.2) is 27.1 Å². The standard InChI is InChI=1S/C13H16N4OS/c1-8(7-10-3-2-6-19-10)14-13(18)12-15-11(16-17-12)9-4-5-9/h2-3,6,8-9H,4-5,7H2,1H3,(H,14,18)(H,15,16,17). The molecule has 5 nitrogen and oxygen atoms in total. The molecule has 0 aromatic carbocycles. The van der Waals surface area contributed by atoms with Crippen molar-refractivity contribution in [2.75, 3.05) is 0 Å². The van der Waals surface area contributed by atoms with E-state index < -0.39 is 0 Å². The maximum absolute atomic E-state index is 12.0. The summed E-state index contributed by atoms with van der Waals surface area (Å²) in [6, 6.07) is 4.17. The Morgan fingerprint density at radius 2 is 2.47 bits per heavy atom. The average Bonchev–Trinajstić information content (AvgIpc) is 2.91. The van der Waals surface area contributed by atoms with Crippen molar-refractivity contribution in [3.8, 4) is 0 Å². The lowest BCUT2D eigenvalue weighted by molar-refractivity contribution is 0.0930. The predicted octanol–water partition coefficient (Wildman–Crippen LogP) is 2.10. The van der Waals surface area contributed by atoms with Crippen LogP contribution in [0, 0.1) is 0 Å². The summed E-state index contributed by atoms with van der Waals surface area (Å²) in [6.07, 6.45) is 3.12. The molecule has 2 aromatic heterocycles. The normalized spacial score (nSPS) is 16.3. The Kier molecular flexibility index (Phi) is 3.33. The molecule has 0 radical (unpaired) electrons. The summed E-state index contributed by atoms with van der Waals surface area (Å²) in [5.41, 5.74) is 0. The van der Waals surface area contributed by atoms with Crippen molar-refractivity contribution < 1.29 is 4.79 Å². The molecule has 2 N–H and O–H groups in total. The minimum Gasteiger partial charge on any atom is -0.346 e. The summed E-state index contributed by atoms with van der Waals surface area (Å²) in [4.78, 5) is 17.5. The number of rotatable bonds is 5. The van der Waals surface area contributed by atoms with E-state index >= 15 is 0 Å². The van der Waals surface area contributed by atoms with Crippen molar-refractivity contribution in [3.05, 3.63) is 34.0 Å². The number of hydrogen-bond acceptors (Lipinski definition) is 4. The van der Waals surface area contributed by atoms with Gasteiger partial charge in [0.25, 0.3) is 5.91 Å². The first kappa shape index (κ1) is 12.3. The van der Waals surface area contributed by atoms with Crippen LogP contribution in [0.15, 0.2) is 17.5 Å². The second-order valence-corrected chi connectivity index (χ2v) is 6.01. The Labute approximate surface area is 115 Å². The number of carbonyl (C=O) groups is 1. The second-order valence-electron chi connectivity index (χ2n) is 4.98. The Balaban J connectivity index is 1.57. The van der Waals surface area contributed by atoms with Gasteiger partial charge in [0.1, 0.15) is 5.82 Å². The van der Waals surface area contributed by atoms with Crippen LogP contribution < -0.4 is 5.32 Å². The third-order valence-electron chi connectivity index (χ3n) is 3.13. The Hall–Kier alpha value is -1.69. The SMILES string of the molecule is CC(Cc1cccs1)NC(=O)c1n[nH]c(C2CC2)n1. The third-order valence-corrected chi connectivity index (χ3v) is 4.03. The van der Waals surface area contributed by atoms with Gasteiger partial charge in [0.15, 0.2) is 0 Å². The molecule has 1 aliphatic carbocycles. The summed E-state index contributed by atoms with van der Waals surface area (Å²) in [7, 11) is 0. The number of thiophene rings is 1. The molecule has 1 unspecified atom stereocenters. The van der Waals surface area contributed by atoms with Crippen LogP contribution in [0.1, 0.15) is 47.0 Å². The summed E-state index contributed by atoms with van der Waals surface area (Å²) in [6.45, 7) is 1.99. The molecule has 1 atom stereocenters. The van der Waals surface area contributed by atoms with E-state index in [2.05, 4.69) is 26.6 Å². The van der Waals surface area contributed by atoms with Crippen LogP contribution >= 0.6 is 11.3 Å². The van der Waals surface area contributed by atoms with Crippen molar-refractivity contribution in [3.63, 3.8) is 0 Å². The van der Waals surface area contributed by atoms with Crippen LogP contribution in [0.4, 0.5) is 0 Å². The highest BCUT2D eigenvalue weighted by Crippen LogP contribution is 2.37. The Morgan fingerprint density at radius 3 is 3.16 bits per heavy atom. The van der Waals surface area contributed by atoms with Crippen molar-refractivity contribution in [2.45, 2.75) is 38.1 Å². The zero-order valence-corrected chi connectivity index (χ0v) is 11.5. The molecule has 0 spiro atoms. The topological polar surface area (TPSA) is 70.7 Å². The molecule has 1 aliphatic rings. The molecule has 1 saturated carbocycles. The molecule has 6 heteroatoms. The highest BCUT2D eigenvalue weighted by Gasteiger charge is 2.28. The number of nitrogens with zero attached hydrogens (tertiary/aromatic N) is 2. The van der Waals surface area contributed by atoms with Gasteiger partial charge in [-0.3, -0.25) is 9.89 Å². The summed E-state index contributed by atoms with van der Waals surface area (Å²) in [5, 5.41) is 11.8. The number of carbonyl (C=O) groups excluding carboxylic acids is 1. The molecular formula is C13H16N4OS. The van der Waals surface area contributed by atoms with Crippen LogP contribution in [0.25, 0.3) is 0 Å². The molecule has 19 heavy (non-hydrogen) atoms. The molecule has 1 fully saturated rings. The van der Waals surface area contributed by atoms with Crippen LogP contribution in [0.5, 0.6) is 0 Å². The molecule has 100 valence electrons. The lowest BCUT2D eigenvalue weighted by Gasteiger charge is -2.10. The fourth-order valence-electron chi connectivity index (χ4n) is 1.99. The van der Waals surface area contributed by atoms with Gasteiger partial charge in [0.05, 0.1) is 0 Å². The van der Waals surface area contributed by atoms with Gasteiger partial charge >= 0.3 is 0 Å². The first-order valence-electron chi connectivity index (χ1n) is 6.48. The minimum absolute atomic E-state index is 0.0778. The van der Waals surface area contributed by atoms with Gasteiger partial charge in [0, 0.05) is 23.3 Å². The summed E-state index contributed by atoms with van der Waals surface area (Å²) >= 11 is 1.70. The molecule has 2 heterocycles. The van der Waals surface area contributed by atoms with Crippen LogP contribution in [0.2, 0.25) is 0 Å². The van der Waals surface area contributed by atoms with E-state index in [1.54, 1.807) is 11.3 Å². The van der Waals surface area contributed by atoms with Gasteiger partial charge in [-0.05, 0) is 31.2 Å². The third kappa shape index (κ3) is 3.01. The van der Waals surface area contributed by atoms with Gasteiger partial charge in [-0.1, -0.05) is 6.07 Å². The van der Waals surface area contributed by atoms with Gasteiger partial charge in [0.2, 0.25) is 5.82 Å². The number of aromatic amines is 1. The van der Waals surface area contributed by atoms with Crippen LogP contribution in [-0.2, 0) is 6.42 Å². The highest BCUT2D eigenvalue weighted by molar-refractivity contribution is 7.09. The molecular weight excluding hydrogens is 260 g/mol. The van der Waals surface area contributed by atoms with Gasteiger partial charge < -0.3 is 5.32 Å². The average molecular weight is 276 g/mol. The maximum Gasteiger partial charge on any atom is 0.291 e. The lowest BCUT2D eigenvalue weighted by Crippen LogP contribution is -2.34. The predicted molar refractivity (Wildman–Crippen MR) is 73.3 cm³/mol. The lowest BCUT2D eigenvalue weighted by atomic mass is 10.2. The summed E-state index contributed by atoms with van der Waals surface area (Å²) in [5.74, 6) is 1.38. The van der Waals surface area contributed by atoms with E-state index in [1.807, 2.05) is 18.4 Å².